The molecular weight excluding hydrogens is 378 g/mol. The van der Waals surface area contributed by atoms with E-state index >= 15 is 0 Å². The molecule has 1 aliphatic rings. The Labute approximate surface area is 166 Å². The highest BCUT2D eigenvalue weighted by Gasteiger charge is 2.24. The number of nitrogens with zero attached hydrogens (tertiary/aromatic N) is 3. The molecule has 3 aromatic rings. The molecule has 0 N–H and O–H groups in total. The van der Waals surface area contributed by atoms with Gasteiger partial charge < -0.3 is 4.90 Å². The highest BCUT2D eigenvalue weighted by molar-refractivity contribution is 7.99. The average Bonchev–Trinajstić information content (AvgIpc) is 3.16. The Bertz CT molecular complexity index is 1010. The lowest BCUT2D eigenvalue weighted by Crippen LogP contribution is -2.43. The van der Waals surface area contributed by atoms with E-state index in [2.05, 4.69) is 11.9 Å². The molecule has 5 nitrogen and oxygen atoms in total. The maximum Gasteiger partial charge on any atom is 0.267 e. The topological polar surface area (TPSA) is 55.2 Å². The normalized spacial score (nSPS) is 17.4. The van der Waals surface area contributed by atoms with E-state index in [-0.39, 0.29) is 17.5 Å². The summed E-state index contributed by atoms with van der Waals surface area (Å²) in [6.45, 7) is 2.93. The monoisotopic (exact) mass is 399 g/mol. The lowest BCUT2D eigenvalue weighted by molar-refractivity contribution is -0.131. The van der Waals surface area contributed by atoms with Crippen LogP contribution in [-0.2, 0) is 4.79 Å². The van der Waals surface area contributed by atoms with Crippen LogP contribution in [0.4, 0.5) is 0 Å². The maximum atomic E-state index is 13.0. The van der Waals surface area contributed by atoms with Crippen LogP contribution in [0.2, 0.25) is 0 Å². The Morgan fingerprint density at radius 1 is 1.26 bits per heavy atom. The van der Waals surface area contributed by atoms with Crippen molar-refractivity contribution in [2.45, 2.75) is 37.4 Å². The molecule has 1 aliphatic heterocycles. The summed E-state index contributed by atoms with van der Waals surface area (Å²) in [7, 11) is 0. The minimum Gasteiger partial charge on any atom is -0.339 e. The highest BCUT2D eigenvalue weighted by atomic mass is 32.2. The second kappa shape index (κ2) is 7.86. The molecule has 0 spiro atoms. The number of piperidine rings is 1. The number of thiophene rings is 1. The molecule has 4 rings (SSSR count). The number of para-hydroxylation sites is 1. The lowest BCUT2D eigenvalue weighted by atomic mass is 10.0. The summed E-state index contributed by atoms with van der Waals surface area (Å²) in [6, 6.07) is 11.6. The Morgan fingerprint density at radius 2 is 2.07 bits per heavy atom. The van der Waals surface area contributed by atoms with Crippen molar-refractivity contribution >= 4 is 39.2 Å². The maximum absolute atomic E-state index is 13.0. The molecule has 1 saturated heterocycles. The van der Waals surface area contributed by atoms with Gasteiger partial charge in [-0.05, 0) is 49.8 Å². The first-order valence-corrected chi connectivity index (χ1v) is 11.0. The van der Waals surface area contributed by atoms with Crippen molar-refractivity contribution in [2.24, 2.45) is 0 Å². The van der Waals surface area contributed by atoms with Crippen LogP contribution in [0.15, 0.2) is 51.7 Å². The van der Waals surface area contributed by atoms with Crippen molar-refractivity contribution in [2.75, 3.05) is 12.3 Å². The number of likely N-dealkylation sites (tertiary alicyclic amines) is 1. The van der Waals surface area contributed by atoms with Crippen LogP contribution in [0, 0.1) is 0 Å². The van der Waals surface area contributed by atoms with E-state index in [1.54, 1.807) is 4.57 Å². The van der Waals surface area contributed by atoms with Gasteiger partial charge in [0, 0.05) is 12.6 Å². The molecule has 7 heteroatoms. The zero-order valence-corrected chi connectivity index (χ0v) is 16.8. The van der Waals surface area contributed by atoms with Gasteiger partial charge in [-0.15, -0.1) is 11.3 Å². The Morgan fingerprint density at radius 3 is 2.85 bits per heavy atom. The summed E-state index contributed by atoms with van der Waals surface area (Å²) in [4.78, 5) is 33.1. The number of carbonyl (C=O) groups excluding carboxylic acids is 1. The standard InChI is InChI=1S/C20H21N3O2S2/c1-14-7-5-6-11-22(14)17(24)13-27-20-21-18-16(10-12-26-18)19(25)23(20)15-8-3-2-4-9-15/h2-4,8-10,12,14H,5-7,11,13H2,1H3/t14-/m0/s1. The van der Waals surface area contributed by atoms with E-state index in [1.807, 2.05) is 46.7 Å². The average molecular weight is 400 g/mol. The number of hydrogen-bond acceptors (Lipinski definition) is 5. The van der Waals surface area contributed by atoms with Crippen molar-refractivity contribution in [3.05, 3.63) is 52.1 Å². The van der Waals surface area contributed by atoms with E-state index in [1.165, 1.54) is 29.5 Å². The van der Waals surface area contributed by atoms with Gasteiger partial charge >= 0.3 is 0 Å². The van der Waals surface area contributed by atoms with Gasteiger partial charge in [0.25, 0.3) is 5.56 Å². The summed E-state index contributed by atoms with van der Waals surface area (Å²) < 4.78 is 1.62. The molecule has 0 radical (unpaired) electrons. The fourth-order valence-electron chi connectivity index (χ4n) is 3.47. The summed E-state index contributed by atoms with van der Waals surface area (Å²) in [5, 5.41) is 3.06. The number of thioether (sulfide) groups is 1. The van der Waals surface area contributed by atoms with Crippen molar-refractivity contribution in [3.8, 4) is 5.69 Å². The minimum atomic E-state index is -0.0891. The van der Waals surface area contributed by atoms with Gasteiger partial charge in [0.05, 0.1) is 16.8 Å². The third-order valence-corrected chi connectivity index (χ3v) is 6.66. The van der Waals surface area contributed by atoms with Crippen LogP contribution in [0.3, 0.4) is 0 Å². The predicted molar refractivity (Wildman–Crippen MR) is 111 cm³/mol. The molecule has 1 aromatic carbocycles. The van der Waals surface area contributed by atoms with Crippen LogP contribution in [0.25, 0.3) is 15.9 Å². The smallest absolute Gasteiger partial charge is 0.267 e. The van der Waals surface area contributed by atoms with Gasteiger partial charge in [-0.25, -0.2) is 4.98 Å². The predicted octanol–water partition coefficient (Wildman–Crippen LogP) is 3.94. The molecule has 140 valence electrons. The first-order chi connectivity index (χ1) is 13.1. The number of rotatable bonds is 4. The van der Waals surface area contributed by atoms with Crippen LogP contribution in [0.1, 0.15) is 26.2 Å². The first-order valence-electron chi connectivity index (χ1n) is 9.13. The summed E-state index contributed by atoms with van der Waals surface area (Å²) in [5.41, 5.74) is 0.679. The summed E-state index contributed by atoms with van der Waals surface area (Å²) in [5.74, 6) is 0.410. The largest absolute Gasteiger partial charge is 0.339 e. The van der Waals surface area contributed by atoms with E-state index in [0.717, 1.165) is 25.1 Å². The van der Waals surface area contributed by atoms with Crippen molar-refractivity contribution in [1.29, 1.82) is 0 Å². The number of carbonyl (C=O) groups is 1. The SMILES string of the molecule is C[C@H]1CCCCN1C(=O)CSc1nc2sccc2c(=O)n1-c1ccccc1. The number of aromatic nitrogens is 2. The van der Waals surface area contributed by atoms with E-state index in [0.29, 0.717) is 21.1 Å². The van der Waals surface area contributed by atoms with E-state index in [9.17, 15) is 9.59 Å². The third kappa shape index (κ3) is 3.66. The molecular formula is C20H21N3O2S2. The van der Waals surface area contributed by atoms with Gasteiger partial charge in [0.1, 0.15) is 4.83 Å². The van der Waals surface area contributed by atoms with Crippen LogP contribution in [-0.4, -0.2) is 38.7 Å². The highest BCUT2D eigenvalue weighted by Crippen LogP contribution is 2.25. The molecule has 0 unspecified atom stereocenters. The van der Waals surface area contributed by atoms with Crippen LogP contribution < -0.4 is 5.56 Å². The van der Waals surface area contributed by atoms with E-state index in [4.69, 9.17) is 0 Å². The zero-order chi connectivity index (χ0) is 18.8. The number of hydrogen-bond donors (Lipinski definition) is 0. The van der Waals surface area contributed by atoms with Crippen molar-refractivity contribution < 1.29 is 4.79 Å². The summed E-state index contributed by atoms with van der Waals surface area (Å²) >= 11 is 2.79. The minimum absolute atomic E-state index is 0.0891. The second-order valence-electron chi connectivity index (χ2n) is 6.73. The molecule has 0 saturated carbocycles. The number of benzene rings is 1. The lowest BCUT2D eigenvalue weighted by Gasteiger charge is -2.33. The second-order valence-corrected chi connectivity index (χ2v) is 8.57. The van der Waals surface area contributed by atoms with Gasteiger partial charge in [0.2, 0.25) is 5.91 Å². The number of fused-ring (bicyclic) bond motifs is 1. The van der Waals surface area contributed by atoms with Crippen molar-refractivity contribution in [3.63, 3.8) is 0 Å². The van der Waals surface area contributed by atoms with Gasteiger partial charge in [-0.2, -0.15) is 0 Å². The van der Waals surface area contributed by atoms with E-state index < -0.39 is 0 Å². The fourth-order valence-corrected chi connectivity index (χ4v) is 5.18. The third-order valence-electron chi connectivity index (χ3n) is 4.93. The van der Waals surface area contributed by atoms with Crippen molar-refractivity contribution in [1.82, 2.24) is 14.5 Å². The molecule has 2 aromatic heterocycles. The Balaban J connectivity index is 1.66. The molecule has 3 heterocycles. The Hall–Kier alpha value is -2.12. The van der Waals surface area contributed by atoms with Crippen LogP contribution in [0.5, 0.6) is 0 Å². The molecule has 0 bridgehead atoms. The zero-order valence-electron chi connectivity index (χ0n) is 15.1. The fraction of sp³-hybridized carbons (Fsp3) is 0.350. The quantitative estimate of drug-likeness (QED) is 0.493. The van der Waals surface area contributed by atoms with Gasteiger partial charge in [-0.3, -0.25) is 14.2 Å². The summed E-state index contributed by atoms with van der Waals surface area (Å²) in [6.07, 6.45) is 3.31. The molecule has 1 amide bonds. The molecule has 1 atom stereocenters. The van der Waals surface area contributed by atoms with Gasteiger partial charge in [0.15, 0.2) is 5.16 Å². The van der Waals surface area contributed by atoms with Crippen LogP contribution >= 0.6 is 23.1 Å². The number of amides is 1. The first kappa shape index (κ1) is 18.3. The Kier molecular flexibility index (Phi) is 5.31. The molecule has 27 heavy (non-hydrogen) atoms. The molecule has 0 aliphatic carbocycles. The molecule has 1 fully saturated rings. The van der Waals surface area contributed by atoms with Gasteiger partial charge in [-0.1, -0.05) is 30.0 Å².